The Kier molecular flexibility index (Phi) is 4.55. The molecule has 1 amide bonds. The minimum absolute atomic E-state index is 0.0610. The second-order valence-corrected chi connectivity index (χ2v) is 7.09. The van der Waals surface area contributed by atoms with Crippen molar-refractivity contribution in [3.8, 4) is 17.2 Å². The largest absolute Gasteiger partial charge is 0.504 e. The fourth-order valence-corrected chi connectivity index (χ4v) is 3.59. The summed E-state index contributed by atoms with van der Waals surface area (Å²) in [6, 6.07) is 11.4. The molecule has 2 heterocycles. The van der Waals surface area contributed by atoms with E-state index in [0.717, 1.165) is 16.8 Å². The van der Waals surface area contributed by atoms with Crippen molar-refractivity contribution in [1.29, 1.82) is 0 Å². The molecule has 1 atom stereocenters. The van der Waals surface area contributed by atoms with Gasteiger partial charge in [0.1, 0.15) is 5.82 Å². The summed E-state index contributed by atoms with van der Waals surface area (Å²) < 4.78 is 7.28. The van der Waals surface area contributed by atoms with E-state index in [2.05, 4.69) is 36.4 Å². The highest BCUT2D eigenvalue weighted by molar-refractivity contribution is 5.94. The first-order valence-corrected chi connectivity index (χ1v) is 9.39. The summed E-state index contributed by atoms with van der Waals surface area (Å²) in [5.74, 6) is 1.000. The average molecular weight is 377 g/mol. The molecule has 4 rings (SSSR count). The van der Waals surface area contributed by atoms with E-state index in [1.165, 1.54) is 11.1 Å². The Morgan fingerprint density at radius 3 is 2.79 bits per heavy atom. The Hall–Kier alpha value is -3.28. The summed E-state index contributed by atoms with van der Waals surface area (Å²) in [6.45, 7) is 6.45. The molecule has 1 aliphatic rings. The van der Waals surface area contributed by atoms with Crippen molar-refractivity contribution < 1.29 is 14.6 Å². The molecule has 3 aromatic rings. The number of hydrogen-bond acceptors (Lipinski definition) is 4. The highest BCUT2D eigenvalue weighted by Gasteiger charge is 2.31. The summed E-state index contributed by atoms with van der Waals surface area (Å²) in [5, 5.41) is 17.5. The standard InChI is InChI=1S/C22H23N3O3/c1-4-28-20-10-15(6-8-19(20)26)17-11-21(27)24-22-18(17)12-23-25(22)16-7-5-13(2)14(3)9-16/h5-10,12,17,26H,4,11H2,1-3H3,(H,24,27). The molecule has 0 saturated carbocycles. The fourth-order valence-electron chi connectivity index (χ4n) is 3.59. The number of phenolic OH excluding ortho intramolecular Hbond substituents is 1. The van der Waals surface area contributed by atoms with E-state index in [-0.39, 0.29) is 17.6 Å². The van der Waals surface area contributed by atoms with Gasteiger partial charge in [-0.25, -0.2) is 4.68 Å². The molecule has 144 valence electrons. The van der Waals surface area contributed by atoms with Gasteiger partial charge in [0.15, 0.2) is 11.5 Å². The molecule has 2 N–H and O–H groups in total. The summed E-state index contributed by atoms with van der Waals surface area (Å²) in [6.07, 6.45) is 2.13. The maximum atomic E-state index is 12.5. The van der Waals surface area contributed by atoms with Crippen LogP contribution in [0.25, 0.3) is 5.69 Å². The number of aromatic hydroxyl groups is 1. The monoisotopic (exact) mass is 377 g/mol. The number of aromatic nitrogens is 2. The lowest BCUT2D eigenvalue weighted by Crippen LogP contribution is -2.24. The van der Waals surface area contributed by atoms with Crippen molar-refractivity contribution in [3.05, 3.63) is 64.8 Å². The van der Waals surface area contributed by atoms with E-state index in [1.54, 1.807) is 16.8 Å². The molecule has 0 spiro atoms. The Bertz CT molecular complexity index is 1060. The number of phenols is 1. The van der Waals surface area contributed by atoms with Gasteiger partial charge in [-0.1, -0.05) is 12.1 Å². The number of anilines is 1. The van der Waals surface area contributed by atoms with Crippen LogP contribution in [-0.4, -0.2) is 27.4 Å². The Balaban J connectivity index is 1.78. The number of carbonyl (C=O) groups excluding carboxylic acids is 1. The summed E-state index contributed by atoms with van der Waals surface area (Å²) in [7, 11) is 0. The van der Waals surface area contributed by atoms with Crippen LogP contribution in [0.2, 0.25) is 0 Å². The second-order valence-electron chi connectivity index (χ2n) is 7.09. The van der Waals surface area contributed by atoms with E-state index in [1.807, 2.05) is 25.3 Å². The maximum absolute atomic E-state index is 12.5. The maximum Gasteiger partial charge on any atom is 0.226 e. The number of nitrogens with one attached hydrogen (secondary N) is 1. The predicted octanol–water partition coefficient (Wildman–Crippen LogP) is 4.07. The molecule has 0 bridgehead atoms. The van der Waals surface area contributed by atoms with Gasteiger partial charge in [-0.2, -0.15) is 5.10 Å². The number of carbonyl (C=O) groups is 1. The van der Waals surface area contributed by atoms with E-state index < -0.39 is 0 Å². The van der Waals surface area contributed by atoms with Crippen LogP contribution in [0.3, 0.4) is 0 Å². The molecule has 6 heteroatoms. The van der Waals surface area contributed by atoms with Gasteiger partial charge < -0.3 is 15.2 Å². The molecule has 28 heavy (non-hydrogen) atoms. The predicted molar refractivity (Wildman–Crippen MR) is 107 cm³/mol. The van der Waals surface area contributed by atoms with Gasteiger partial charge in [-0.3, -0.25) is 4.79 Å². The van der Waals surface area contributed by atoms with Gasteiger partial charge in [0.25, 0.3) is 0 Å². The van der Waals surface area contributed by atoms with E-state index in [0.29, 0.717) is 24.6 Å². The number of rotatable bonds is 4. The van der Waals surface area contributed by atoms with Crippen molar-refractivity contribution in [2.24, 2.45) is 0 Å². The van der Waals surface area contributed by atoms with Crippen molar-refractivity contribution in [1.82, 2.24) is 9.78 Å². The number of nitrogens with zero attached hydrogens (tertiary/aromatic N) is 2. The highest BCUT2D eigenvalue weighted by Crippen LogP contribution is 2.40. The van der Waals surface area contributed by atoms with E-state index in [9.17, 15) is 9.90 Å². The minimum atomic E-state index is -0.149. The number of aryl methyl sites for hydroxylation is 2. The van der Waals surface area contributed by atoms with Crippen molar-refractivity contribution in [2.75, 3.05) is 11.9 Å². The zero-order valence-corrected chi connectivity index (χ0v) is 16.2. The molecule has 1 unspecified atom stereocenters. The highest BCUT2D eigenvalue weighted by atomic mass is 16.5. The summed E-state index contributed by atoms with van der Waals surface area (Å²) in [5.41, 5.74) is 5.15. The van der Waals surface area contributed by atoms with Gasteiger partial charge in [-0.15, -0.1) is 0 Å². The van der Waals surface area contributed by atoms with Crippen LogP contribution in [0.1, 0.15) is 41.5 Å². The number of fused-ring (bicyclic) bond motifs is 1. The third-order valence-electron chi connectivity index (χ3n) is 5.24. The van der Waals surface area contributed by atoms with Crippen LogP contribution >= 0.6 is 0 Å². The number of benzene rings is 2. The first kappa shape index (κ1) is 18.1. The summed E-state index contributed by atoms with van der Waals surface area (Å²) in [4.78, 5) is 12.5. The van der Waals surface area contributed by atoms with Gasteiger partial charge in [-0.05, 0) is 61.7 Å². The Morgan fingerprint density at radius 1 is 1.21 bits per heavy atom. The molecule has 2 aromatic carbocycles. The normalized spacial score (nSPS) is 15.8. The molecule has 1 aromatic heterocycles. The van der Waals surface area contributed by atoms with Crippen molar-refractivity contribution in [3.63, 3.8) is 0 Å². The fraction of sp³-hybridized carbons (Fsp3) is 0.273. The molecule has 1 aliphatic heterocycles. The van der Waals surface area contributed by atoms with Gasteiger partial charge in [0.05, 0.1) is 18.5 Å². The molecular weight excluding hydrogens is 354 g/mol. The van der Waals surface area contributed by atoms with Crippen LogP contribution < -0.4 is 10.1 Å². The van der Waals surface area contributed by atoms with Gasteiger partial charge in [0.2, 0.25) is 5.91 Å². The van der Waals surface area contributed by atoms with Crippen molar-refractivity contribution >= 4 is 11.7 Å². The van der Waals surface area contributed by atoms with Gasteiger partial charge >= 0.3 is 0 Å². The van der Waals surface area contributed by atoms with Gasteiger partial charge in [0, 0.05) is 17.9 Å². The SMILES string of the molecule is CCOc1cc(C2CC(=O)Nc3c2cnn3-c2ccc(C)c(C)c2)ccc1O. The zero-order valence-electron chi connectivity index (χ0n) is 16.2. The minimum Gasteiger partial charge on any atom is -0.504 e. The van der Waals surface area contributed by atoms with Crippen LogP contribution in [0.4, 0.5) is 5.82 Å². The zero-order chi connectivity index (χ0) is 19.8. The van der Waals surface area contributed by atoms with Crippen LogP contribution in [0.15, 0.2) is 42.6 Å². The molecule has 6 nitrogen and oxygen atoms in total. The number of hydrogen-bond donors (Lipinski definition) is 2. The first-order chi connectivity index (χ1) is 13.5. The lowest BCUT2D eigenvalue weighted by molar-refractivity contribution is -0.116. The number of amides is 1. The second kappa shape index (κ2) is 7.03. The number of ether oxygens (including phenoxy) is 1. The van der Waals surface area contributed by atoms with E-state index in [4.69, 9.17) is 4.74 Å². The Morgan fingerprint density at radius 2 is 2.04 bits per heavy atom. The molecule has 0 aliphatic carbocycles. The summed E-state index contributed by atoms with van der Waals surface area (Å²) >= 11 is 0. The quantitative estimate of drug-likeness (QED) is 0.719. The smallest absolute Gasteiger partial charge is 0.226 e. The van der Waals surface area contributed by atoms with E-state index >= 15 is 0 Å². The third-order valence-corrected chi connectivity index (χ3v) is 5.24. The van der Waals surface area contributed by atoms with Crippen LogP contribution in [-0.2, 0) is 4.79 Å². The topological polar surface area (TPSA) is 76.4 Å². The molecule has 0 radical (unpaired) electrons. The molecular formula is C22H23N3O3. The molecule has 0 saturated heterocycles. The third kappa shape index (κ3) is 3.11. The van der Waals surface area contributed by atoms with Crippen molar-refractivity contribution in [2.45, 2.75) is 33.1 Å². The van der Waals surface area contributed by atoms with Crippen LogP contribution in [0.5, 0.6) is 11.5 Å². The Labute approximate surface area is 163 Å². The first-order valence-electron chi connectivity index (χ1n) is 9.39. The molecule has 0 fully saturated rings. The lowest BCUT2D eigenvalue weighted by atomic mass is 9.87. The van der Waals surface area contributed by atoms with Crippen LogP contribution in [0, 0.1) is 13.8 Å². The lowest BCUT2D eigenvalue weighted by Gasteiger charge is -2.24. The average Bonchev–Trinajstić information content (AvgIpc) is 3.09.